The van der Waals surface area contributed by atoms with Gasteiger partial charge in [-0.1, -0.05) is 89.5 Å². The number of hydrogen-bond acceptors (Lipinski definition) is 1. The normalized spacial score (nSPS) is 44.6. The summed E-state index contributed by atoms with van der Waals surface area (Å²) >= 11 is 6.39. The molecule has 2 heteroatoms. The summed E-state index contributed by atoms with van der Waals surface area (Å²) in [6, 6.07) is 7.96. The van der Waals surface area contributed by atoms with Crippen LogP contribution in [0.1, 0.15) is 111 Å². The van der Waals surface area contributed by atoms with Gasteiger partial charge >= 0.3 is 0 Å². The number of hydrogen-bond donors (Lipinski definition) is 0. The minimum Gasteiger partial charge on any atom is -0.352 e. The Hall–Kier alpha value is -0.970. The Balaban J connectivity index is 1.15. The Morgan fingerprint density at radius 1 is 0.946 bits per heavy atom. The summed E-state index contributed by atoms with van der Waals surface area (Å²) in [5, 5.41) is 0.749. The van der Waals surface area contributed by atoms with Crippen LogP contribution in [0.5, 0.6) is 0 Å². The molecule has 0 spiro atoms. The van der Waals surface area contributed by atoms with Crippen LogP contribution in [0.15, 0.2) is 24.3 Å². The summed E-state index contributed by atoms with van der Waals surface area (Å²) in [5.41, 5.74) is 1.74. The Morgan fingerprint density at radius 3 is 2.51 bits per heavy atom. The predicted octanol–water partition coefficient (Wildman–Crippen LogP) is 9.56. The standard InChI is InChI=1S/C35H49ClO/c1-23(2)9-8-10-24(3)28-15-16-29-27-14-13-26-21-35(20-17-25-11-6-7-12-31(25)36)32(37-35)22-34(26,5)30(27)18-19-33(28,29)4/h6-7,11-12,23-24,26-30,32H,8-10,13-16,18-19,21-22H2,1-5H3/t24-,26-,27+,28-,29-,30+,32+,33+,34-,35-/m0/s1. The van der Waals surface area contributed by atoms with Crippen molar-refractivity contribution in [3.8, 4) is 11.8 Å². The molecule has 1 heterocycles. The van der Waals surface area contributed by atoms with Gasteiger partial charge in [-0.3, -0.25) is 0 Å². The molecule has 202 valence electrons. The number of halogens is 1. The summed E-state index contributed by atoms with van der Waals surface area (Å²) in [6.45, 7) is 12.7. The summed E-state index contributed by atoms with van der Waals surface area (Å²) in [5.74, 6) is 13.2. The minimum atomic E-state index is -0.205. The van der Waals surface area contributed by atoms with Crippen molar-refractivity contribution >= 4 is 11.6 Å². The smallest absolute Gasteiger partial charge is 0.155 e. The maximum atomic E-state index is 6.46. The number of fused-ring (bicyclic) bond motifs is 6. The van der Waals surface area contributed by atoms with Crippen molar-refractivity contribution in [1.29, 1.82) is 0 Å². The molecule has 6 rings (SSSR count). The highest BCUT2D eigenvalue weighted by Crippen LogP contribution is 2.71. The summed E-state index contributed by atoms with van der Waals surface area (Å²) in [6.07, 6.45) is 15.6. The number of ether oxygens (including phenoxy) is 1. The van der Waals surface area contributed by atoms with Gasteiger partial charge in [0.05, 0.1) is 5.02 Å². The zero-order valence-electron chi connectivity index (χ0n) is 24.0. The lowest BCUT2D eigenvalue weighted by atomic mass is 9.44. The van der Waals surface area contributed by atoms with E-state index in [2.05, 4.69) is 46.5 Å². The Morgan fingerprint density at radius 2 is 1.73 bits per heavy atom. The molecule has 1 aliphatic heterocycles. The van der Waals surface area contributed by atoms with Gasteiger partial charge in [0.15, 0.2) is 5.60 Å². The molecule has 1 aromatic rings. The van der Waals surface area contributed by atoms with Gasteiger partial charge in [0.25, 0.3) is 0 Å². The maximum Gasteiger partial charge on any atom is 0.155 e. The van der Waals surface area contributed by atoms with E-state index in [0.29, 0.717) is 16.9 Å². The molecule has 0 radical (unpaired) electrons. The molecule has 37 heavy (non-hydrogen) atoms. The molecular weight excluding hydrogens is 472 g/mol. The fraction of sp³-hybridized carbons (Fsp3) is 0.771. The Bertz CT molecular complexity index is 1070. The topological polar surface area (TPSA) is 12.5 Å². The van der Waals surface area contributed by atoms with Gasteiger partial charge in [0.1, 0.15) is 6.10 Å². The zero-order chi connectivity index (χ0) is 26.0. The van der Waals surface area contributed by atoms with Crippen molar-refractivity contribution in [1.82, 2.24) is 0 Å². The molecule has 10 atom stereocenters. The Labute approximate surface area is 231 Å². The molecule has 1 aromatic carbocycles. The highest BCUT2D eigenvalue weighted by atomic mass is 35.5. The number of benzene rings is 1. The van der Waals surface area contributed by atoms with Crippen LogP contribution < -0.4 is 0 Å². The van der Waals surface area contributed by atoms with E-state index in [1.165, 1.54) is 64.2 Å². The van der Waals surface area contributed by atoms with Crippen LogP contribution in [0.4, 0.5) is 0 Å². The molecule has 1 saturated heterocycles. The minimum absolute atomic E-state index is 0.205. The molecule has 4 saturated carbocycles. The highest BCUT2D eigenvalue weighted by Gasteiger charge is 2.68. The molecule has 0 aromatic heterocycles. The largest absolute Gasteiger partial charge is 0.352 e. The lowest BCUT2D eigenvalue weighted by molar-refractivity contribution is -0.112. The van der Waals surface area contributed by atoms with E-state index in [9.17, 15) is 0 Å². The van der Waals surface area contributed by atoms with Gasteiger partial charge in [-0.05, 0) is 116 Å². The van der Waals surface area contributed by atoms with Crippen molar-refractivity contribution in [3.63, 3.8) is 0 Å². The lowest BCUT2D eigenvalue weighted by Crippen LogP contribution is -2.54. The molecular formula is C35H49ClO. The van der Waals surface area contributed by atoms with Crippen LogP contribution in [0, 0.1) is 64.1 Å². The molecule has 1 nitrogen and oxygen atoms in total. The van der Waals surface area contributed by atoms with Crippen molar-refractivity contribution in [2.75, 3.05) is 0 Å². The molecule has 0 bridgehead atoms. The van der Waals surface area contributed by atoms with Crippen LogP contribution in [0.3, 0.4) is 0 Å². The number of rotatable bonds is 5. The maximum absolute atomic E-state index is 6.46. The van der Waals surface area contributed by atoms with Crippen LogP contribution in [-0.4, -0.2) is 11.7 Å². The average molecular weight is 521 g/mol. The third kappa shape index (κ3) is 4.42. The second-order valence-corrected chi connectivity index (χ2v) is 15.2. The van der Waals surface area contributed by atoms with E-state index in [-0.39, 0.29) is 5.60 Å². The first-order chi connectivity index (χ1) is 17.7. The first-order valence-corrected chi connectivity index (χ1v) is 16.0. The van der Waals surface area contributed by atoms with Gasteiger partial charge in [0, 0.05) is 5.56 Å². The SMILES string of the molecule is CC(C)CCC[C@H](C)[C@@H]1CC[C@H]2[C@H]3CC[C@H]4C[C@]5(C#Cc6ccccc6Cl)O[C@@H]5C[C@]4(C)[C@@H]3CC[C@@]21C. The first-order valence-electron chi connectivity index (χ1n) is 15.6. The van der Waals surface area contributed by atoms with Crippen molar-refractivity contribution in [2.45, 2.75) is 117 Å². The van der Waals surface area contributed by atoms with Gasteiger partial charge in [-0.25, -0.2) is 0 Å². The summed E-state index contributed by atoms with van der Waals surface area (Å²) in [7, 11) is 0. The van der Waals surface area contributed by atoms with E-state index in [4.69, 9.17) is 16.3 Å². The van der Waals surface area contributed by atoms with Gasteiger partial charge in [0.2, 0.25) is 0 Å². The van der Waals surface area contributed by atoms with E-state index >= 15 is 0 Å². The molecule has 4 aliphatic carbocycles. The molecule has 0 unspecified atom stereocenters. The van der Waals surface area contributed by atoms with E-state index in [1.807, 2.05) is 24.3 Å². The van der Waals surface area contributed by atoms with Crippen LogP contribution >= 0.6 is 11.6 Å². The molecule has 0 N–H and O–H groups in total. The monoisotopic (exact) mass is 520 g/mol. The van der Waals surface area contributed by atoms with E-state index in [1.54, 1.807) is 0 Å². The van der Waals surface area contributed by atoms with Crippen molar-refractivity contribution < 1.29 is 4.74 Å². The first kappa shape index (κ1) is 26.3. The zero-order valence-corrected chi connectivity index (χ0v) is 24.7. The predicted molar refractivity (Wildman–Crippen MR) is 154 cm³/mol. The van der Waals surface area contributed by atoms with E-state index < -0.39 is 0 Å². The quantitative estimate of drug-likeness (QED) is 0.278. The van der Waals surface area contributed by atoms with Crippen LogP contribution in [0.25, 0.3) is 0 Å². The molecule has 5 aliphatic rings. The van der Waals surface area contributed by atoms with Crippen molar-refractivity contribution in [2.24, 2.45) is 52.3 Å². The average Bonchev–Trinajstić information content (AvgIpc) is 3.41. The highest BCUT2D eigenvalue weighted by molar-refractivity contribution is 6.31. The van der Waals surface area contributed by atoms with Gasteiger partial charge < -0.3 is 4.74 Å². The third-order valence-electron chi connectivity index (χ3n) is 12.5. The summed E-state index contributed by atoms with van der Waals surface area (Å²) < 4.78 is 6.46. The van der Waals surface area contributed by atoms with E-state index in [0.717, 1.165) is 58.4 Å². The van der Waals surface area contributed by atoms with Crippen LogP contribution in [-0.2, 0) is 4.74 Å². The molecule has 5 fully saturated rings. The second-order valence-electron chi connectivity index (χ2n) is 14.8. The second kappa shape index (κ2) is 9.59. The summed E-state index contributed by atoms with van der Waals surface area (Å²) in [4.78, 5) is 0. The lowest BCUT2D eigenvalue weighted by Gasteiger charge is -2.60. The van der Waals surface area contributed by atoms with Crippen LogP contribution in [0.2, 0.25) is 5.02 Å². The van der Waals surface area contributed by atoms with Crippen molar-refractivity contribution in [3.05, 3.63) is 34.9 Å². The fourth-order valence-corrected chi connectivity index (χ4v) is 10.7. The Kier molecular flexibility index (Phi) is 6.81. The molecule has 0 amide bonds. The number of epoxide rings is 1. The van der Waals surface area contributed by atoms with Gasteiger partial charge in [-0.15, -0.1) is 0 Å². The van der Waals surface area contributed by atoms with Gasteiger partial charge in [-0.2, -0.15) is 0 Å². The third-order valence-corrected chi connectivity index (χ3v) is 12.9. The fourth-order valence-electron chi connectivity index (χ4n) is 10.5.